The van der Waals surface area contributed by atoms with Crippen LogP contribution in [0.25, 0.3) is 5.57 Å². The first-order valence-electron chi connectivity index (χ1n) is 10.9. The fourth-order valence-electron chi connectivity index (χ4n) is 6.68. The van der Waals surface area contributed by atoms with Crippen LogP contribution in [0.5, 0.6) is 0 Å². The Bertz CT molecular complexity index is 1200. The molecule has 0 heteroatoms. The van der Waals surface area contributed by atoms with Crippen molar-refractivity contribution in [2.75, 3.05) is 0 Å². The molecule has 0 nitrogen and oxygen atoms in total. The fraction of sp³-hybridized carbons (Fsp3) is 0.286. The average Bonchev–Trinajstić information content (AvgIpc) is 3.61. The van der Waals surface area contributed by atoms with E-state index >= 15 is 0 Å². The minimum absolute atomic E-state index is 0.0735. The predicted molar refractivity (Wildman–Crippen MR) is 113 cm³/mol. The second-order valence-electron chi connectivity index (χ2n) is 9.61. The second-order valence-corrected chi connectivity index (χ2v) is 9.61. The molecule has 28 heavy (non-hydrogen) atoms. The normalized spacial score (nSPS) is 39.6. The summed E-state index contributed by atoms with van der Waals surface area (Å²) in [6.45, 7) is 0. The third-order valence-corrected chi connectivity index (χ3v) is 8.14. The number of benzene rings is 1. The fourth-order valence-corrected chi connectivity index (χ4v) is 6.68. The summed E-state index contributed by atoms with van der Waals surface area (Å²) >= 11 is 0. The molecule has 0 bridgehead atoms. The summed E-state index contributed by atoms with van der Waals surface area (Å²) in [4.78, 5) is 0. The van der Waals surface area contributed by atoms with Crippen LogP contribution in [-0.4, -0.2) is 0 Å². The maximum absolute atomic E-state index is 2.66. The predicted octanol–water partition coefficient (Wildman–Crippen LogP) is 6.23. The highest BCUT2D eigenvalue weighted by Gasteiger charge is 2.59. The van der Waals surface area contributed by atoms with Crippen molar-refractivity contribution in [2.24, 2.45) is 23.7 Å². The van der Waals surface area contributed by atoms with Crippen LogP contribution in [0.1, 0.15) is 30.4 Å². The van der Waals surface area contributed by atoms with Gasteiger partial charge in [0, 0.05) is 0 Å². The standard InChI is InChI=1S/C28H22/c1-2-6-20-22-12-16-10-18(16)14-26(22)28(24(20)8-3-1)25-9-5-4-7-21(25)23-13-17-11-19(17)15-27(23)28/h2-9,12-19H,1,10-11H2. The largest absolute Gasteiger partial charge is 0.0804 e. The van der Waals surface area contributed by atoms with E-state index in [0.29, 0.717) is 0 Å². The van der Waals surface area contributed by atoms with Crippen molar-refractivity contribution in [2.45, 2.75) is 24.7 Å². The first kappa shape index (κ1) is 14.4. The molecule has 1 aromatic carbocycles. The van der Waals surface area contributed by atoms with Gasteiger partial charge in [0.15, 0.2) is 0 Å². The summed E-state index contributed by atoms with van der Waals surface area (Å²) in [7, 11) is 0. The second kappa shape index (κ2) is 4.51. The molecule has 2 saturated carbocycles. The molecule has 0 N–H and O–H groups in total. The Hall–Kier alpha value is -2.60. The van der Waals surface area contributed by atoms with Crippen LogP contribution >= 0.6 is 0 Å². The van der Waals surface area contributed by atoms with E-state index in [2.05, 4.69) is 72.9 Å². The average molecular weight is 358 g/mol. The van der Waals surface area contributed by atoms with Gasteiger partial charge in [-0.2, -0.15) is 0 Å². The highest BCUT2D eigenvalue weighted by Crippen LogP contribution is 2.69. The first-order valence-corrected chi connectivity index (χ1v) is 10.9. The molecular weight excluding hydrogens is 336 g/mol. The van der Waals surface area contributed by atoms with Gasteiger partial charge in [-0.25, -0.2) is 0 Å². The molecule has 0 amide bonds. The number of hydrogen-bond acceptors (Lipinski definition) is 0. The summed E-state index contributed by atoms with van der Waals surface area (Å²) < 4.78 is 0. The molecule has 0 aliphatic heterocycles. The van der Waals surface area contributed by atoms with E-state index in [0.717, 1.165) is 30.1 Å². The number of hydrogen-bond donors (Lipinski definition) is 0. The van der Waals surface area contributed by atoms with Crippen LogP contribution in [0.3, 0.4) is 0 Å². The molecule has 0 heterocycles. The lowest BCUT2D eigenvalue weighted by atomic mass is 9.67. The van der Waals surface area contributed by atoms with Gasteiger partial charge >= 0.3 is 0 Å². The third-order valence-electron chi connectivity index (χ3n) is 8.14. The number of fused-ring (bicyclic) bond motifs is 11. The van der Waals surface area contributed by atoms with Crippen LogP contribution in [0.4, 0.5) is 0 Å². The molecule has 2 fully saturated rings. The summed E-state index contributed by atoms with van der Waals surface area (Å²) in [6, 6.07) is 9.26. The molecule has 5 unspecified atom stereocenters. The highest BCUT2D eigenvalue weighted by molar-refractivity contribution is 5.99. The van der Waals surface area contributed by atoms with E-state index < -0.39 is 0 Å². The molecule has 7 aliphatic rings. The van der Waals surface area contributed by atoms with E-state index in [1.165, 1.54) is 46.3 Å². The molecule has 0 aromatic heterocycles. The molecule has 1 spiro atoms. The summed E-state index contributed by atoms with van der Waals surface area (Å²) in [5.41, 5.74) is 12.2. The van der Waals surface area contributed by atoms with E-state index in [4.69, 9.17) is 0 Å². The Labute approximate surface area is 166 Å². The quantitative estimate of drug-likeness (QED) is 0.516. The van der Waals surface area contributed by atoms with E-state index in [1.54, 1.807) is 11.1 Å². The molecule has 0 saturated heterocycles. The Kier molecular flexibility index (Phi) is 2.32. The number of rotatable bonds is 0. The van der Waals surface area contributed by atoms with E-state index in [1.807, 2.05) is 0 Å². The van der Waals surface area contributed by atoms with Gasteiger partial charge in [-0.3, -0.25) is 0 Å². The maximum Gasteiger partial charge on any atom is 0.0719 e. The zero-order chi connectivity index (χ0) is 18.0. The van der Waals surface area contributed by atoms with Gasteiger partial charge in [-0.05, 0) is 87.5 Å². The number of allylic oxidation sites excluding steroid dienone is 14. The van der Waals surface area contributed by atoms with Gasteiger partial charge in [0.05, 0.1) is 5.41 Å². The minimum atomic E-state index is -0.0735. The minimum Gasteiger partial charge on any atom is -0.0804 e. The smallest absolute Gasteiger partial charge is 0.0719 e. The lowest BCUT2D eigenvalue weighted by Crippen LogP contribution is -2.28. The molecule has 8 rings (SSSR count). The van der Waals surface area contributed by atoms with Crippen LogP contribution in [0, 0.1) is 23.7 Å². The highest BCUT2D eigenvalue weighted by atomic mass is 14.6. The Morgan fingerprint density at radius 1 is 0.714 bits per heavy atom. The van der Waals surface area contributed by atoms with Crippen molar-refractivity contribution in [3.05, 3.63) is 112 Å². The SMILES string of the molecule is C1=CC2=C(C=CC1)C1(C3=CC4CC4C=C32)C2=CC3CC3C=C2c2ccccc21. The molecule has 5 atom stereocenters. The van der Waals surface area contributed by atoms with Gasteiger partial charge in [0.2, 0.25) is 0 Å². The van der Waals surface area contributed by atoms with Crippen molar-refractivity contribution < 1.29 is 0 Å². The van der Waals surface area contributed by atoms with Crippen LogP contribution < -0.4 is 0 Å². The zero-order valence-corrected chi connectivity index (χ0v) is 15.9. The summed E-state index contributed by atoms with van der Waals surface area (Å²) in [5.74, 6) is 3.10. The van der Waals surface area contributed by atoms with Gasteiger partial charge in [0.1, 0.15) is 0 Å². The zero-order valence-electron chi connectivity index (χ0n) is 15.9. The summed E-state index contributed by atoms with van der Waals surface area (Å²) in [5, 5.41) is 0. The van der Waals surface area contributed by atoms with E-state index in [9.17, 15) is 0 Å². The van der Waals surface area contributed by atoms with Gasteiger partial charge in [0.25, 0.3) is 0 Å². The molecule has 1 aromatic rings. The Morgan fingerprint density at radius 3 is 2.25 bits per heavy atom. The van der Waals surface area contributed by atoms with Crippen molar-refractivity contribution in [1.29, 1.82) is 0 Å². The van der Waals surface area contributed by atoms with Crippen molar-refractivity contribution >= 4 is 5.57 Å². The van der Waals surface area contributed by atoms with E-state index in [-0.39, 0.29) is 5.41 Å². The molecular formula is C28H22. The van der Waals surface area contributed by atoms with Gasteiger partial charge in [-0.1, -0.05) is 72.9 Å². The van der Waals surface area contributed by atoms with Crippen molar-refractivity contribution in [3.63, 3.8) is 0 Å². The van der Waals surface area contributed by atoms with Crippen LogP contribution in [-0.2, 0) is 5.41 Å². The Morgan fingerprint density at radius 2 is 1.39 bits per heavy atom. The van der Waals surface area contributed by atoms with Crippen LogP contribution in [0.15, 0.2) is 101 Å². The molecule has 134 valence electrons. The van der Waals surface area contributed by atoms with Gasteiger partial charge in [-0.15, -0.1) is 0 Å². The van der Waals surface area contributed by atoms with Crippen molar-refractivity contribution in [3.8, 4) is 0 Å². The molecule has 7 aliphatic carbocycles. The Balaban J connectivity index is 1.54. The lowest BCUT2D eigenvalue weighted by molar-refractivity contribution is 0.750. The maximum atomic E-state index is 2.66. The topological polar surface area (TPSA) is 0 Å². The van der Waals surface area contributed by atoms with Crippen LogP contribution in [0.2, 0.25) is 0 Å². The monoisotopic (exact) mass is 358 g/mol. The third kappa shape index (κ3) is 1.50. The van der Waals surface area contributed by atoms with Gasteiger partial charge < -0.3 is 0 Å². The summed E-state index contributed by atoms with van der Waals surface area (Å²) in [6.07, 6.45) is 23.9. The lowest BCUT2D eigenvalue weighted by Gasteiger charge is -2.34. The molecule has 0 radical (unpaired) electrons. The van der Waals surface area contributed by atoms with Crippen molar-refractivity contribution in [1.82, 2.24) is 0 Å². The first-order chi connectivity index (χ1) is 13.9.